The fraction of sp³-hybridized carbons (Fsp3) is 0.182. The van der Waals surface area contributed by atoms with Gasteiger partial charge in [-0.05, 0) is 30.2 Å². The van der Waals surface area contributed by atoms with Gasteiger partial charge in [0.1, 0.15) is 0 Å². The van der Waals surface area contributed by atoms with Crippen LogP contribution < -0.4 is 16.4 Å². The van der Waals surface area contributed by atoms with E-state index in [-0.39, 0.29) is 12.5 Å². The van der Waals surface area contributed by atoms with Crippen LogP contribution >= 0.6 is 0 Å². The Morgan fingerprint density at radius 3 is 2.50 bits per heavy atom. The van der Waals surface area contributed by atoms with Gasteiger partial charge in [0, 0.05) is 11.3 Å². The molecule has 3 amide bonds. The number of nitrogens with two attached hydrogens (primary N) is 1. The van der Waals surface area contributed by atoms with Crippen molar-refractivity contribution in [3.63, 3.8) is 0 Å². The maximum Gasteiger partial charge on any atom is 0.259 e. The smallest absolute Gasteiger partial charge is 0.259 e. The minimum atomic E-state index is -0.632. The SMILES string of the molecule is CCc1c(C(=O)Nc2cccc(C(=O)NCC(N)=O)c2)cnn1Cc1ccccc1. The molecule has 0 aliphatic heterocycles. The van der Waals surface area contributed by atoms with Crippen molar-refractivity contribution in [1.29, 1.82) is 0 Å². The molecule has 154 valence electrons. The number of amides is 3. The van der Waals surface area contributed by atoms with E-state index in [1.807, 2.05) is 41.9 Å². The third kappa shape index (κ3) is 5.11. The molecule has 0 radical (unpaired) electrons. The van der Waals surface area contributed by atoms with Gasteiger partial charge in [0.05, 0.1) is 30.5 Å². The second-order valence-electron chi connectivity index (χ2n) is 6.69. The number of benzene rings is 2. The van der Waals surface area contributed by atoms with E-state index in [0.29, 0.717) is 29.8 Å². The lowest BCUT2D eigenvalue weighted by atomic mass is 10.1. The summed E-state index contributed by atoms with van der Waals surface area (Å²) in [5.74, 6) is -1.39. The topological polar surface area (TPSA) is 119 Å². The molecule has 0 bridgehead atoms. The van der Waals surface area contributed by atoms with E-state index in [9.17, 15) is 14.4 Å². The number of anilines is 1. The lowest BCUT2D eigenvalue weighted by Crippen LogP contribution is -2.33. The van der Waals surface area contributed by atoms with Gasteiger partial charge < -0.3 is 16.4 Å². The van der Waals surface area contributed by atoms with Gasteiger partial charge in [-0.1, -0.05) is 43.3 Å². The van der Waals surface area contributed by atoms with E-state index in [1.54, 1.807) is 24.4 Å². The van der Waals surface area contributed by atoms with Crippen molar-refractivity contribution in [3.8, 4) is 0 Å². The van der Waals surface area contributed by atoms with Gasteiger partial charge in [0.15, 0.2) is 0 Å². The summed E-state index contributed by atoms with van der Waals surface area (Å²) < 4.78 is 1.82. The molecule has 0 saturated carbocycles. The van der Waals surface area contributed by atoms with Crippen molar-refractivity contribution in [2.75, 3.05) is 11.9 Å². The van der Waals surface area contributed by atoms with Crippen molar-refractivity contribution in [2.45, 2.75) is 19.9 Å². The van der Waals surface area contributed by atoms with Crippen LogP contribution in [-0.2, 0) is 17.8 Å². The van der Waals surface area contributed by atoms with Gasteiger partial charge in [0.2, 0.25) is 5.91 Å². The van der Waals surface area contributed by atoms with Crippen LogP contribution in [0.1, 0.15) is 38.9 Å². The molecule has 1 aromatic heterocycles. The van der Waals surface area contributed by atoms with Crippen LogP contribution in [0.4, 0.5) is 5.69 Å². The zero-order valence-electron chi connectivity index (χ0n) is 16.6. The average molecular weight is 405 g/mol. The molecular formula is C22H23N5O3. The number of hydrogen-bond acceptors (Lipinski definition) is 4. The fourth-order valence-electron chi connectivity index (χ4n) is 3.07. The van der Waals surface area contributed by atoms with Crippen molar-refractivity contribution in [1.82, 2.24) is 15.1 Å². The van der Waals surface area contributed by atoms with Gasteiger partial charge >= 0.3 is 0 Å². The Morgan fingerprint density at radius 2 is 1.80 bits per heavy atom. The summed E-state index contributed by atoms with van der Waals surface area (Å²) in [6, 6.07) is 16.3. The van der Waals surface area contributed by atoms with Crippen LogP contribution in [0.15, 0.2) is 60.8 Å². The molecule has 1 heterocycles. The minimum Gasteiger partial charge on any atom is -0.368 e. The third-order valence-corrected chi connectivity index (χ3v) is 4.51. The molecule has 3 aromatic rings. The highest BCUT2D eigenvalue weighted by molar-refractivity contribution is 6.05. The van der Waals surface area contributed by atoms with Crippen molar-refractivity contribution >= 4 is 23.4 Å². The normalized spacial score (nSPS) is 10.4. The number of carbonyl (C=O) groups excluding carboxylic acids is 3. The van der Waals surface area contributed by atoms with E-state index >= 15 is 0 Å². The van der Waals surface area contributed by atoms with E-state index in [2.05, 4.69) is 15.7 Å². The molecule has 0 saturated heterocycles. The van der Waals surface area contributed by atoms with Crippen molar-refractivity contribution < 1.29 is 14.4 Å². The molecule has 4 N–H and O–H groups in total. The van der Waals surface area contributed by atoms with Gasteiger partial charge in [-0.15, -0.1) is 0 Å². The van der Waals surface area contributed by atoms with Gasteiger partial charge in [0.25, 0.3) is 11.8 Å². The van der Waals surface area contributed by atoms with Crippen LogP contribution in [-0.4, -0.2) is 34.0 Å². The molecule has 3 rings (SSSR count). The zero-order chi connectivity index (χ0) is 21.5. The summed E-state index contributed by atoms with van der Waals surface area (Å²) in [6.45, 7) is 2.29. The first-order valence-corrected chi connectivity index (χ1v) is 9.54. The maximum atomic E-state index is 12.8. The molecule has 30 heavy (non-hydrogen) atoms. The first-order chi connectivity index (χ1) is 14.5. The summed E-state index contributed by atoms with van der Waals surface area (Å²) in [5, 5.41) is 9.60. The quantitative estimate of drug-likeness (QED) is 0.531. The van der Waals surface area contributed by atoms with E-state index in [1.165, 1.54) is 6.07 Å². The number of rotatable bonds is 8. The standard InChI is InChI=1S/C22H23N5O3/c1-2-19-18(12-25-27(19)14-15-7-4-3-5-8-15)22(30)26-17-10-6-9-16(11-17)21(29)24-13-20(23)28/h3-12H,2,13-14H2,1H3,(H2,23,28)(H,24,29)(H,26,30). The lowest BCUT2D eigenvalue weighted by Gasteiger charge is -2.10. The summed E-state index contributed by atoms with van der Waals surface area (Å²) in [5.41, 5.74) is 8.21. The van der Waals surface area contributed by atoms with E-state index < -0.39 is 11.8 Å². The number of nitrogens with one attached hydrogen (secondary N) is 2. The van der Waals surface area contributed by atoms with Crippen LogP contribution in [0, 0.1) is 0 Å². The van der Waals surface area contributed by atoms with Crippen LogP contribution in [0.25, 0.3) is 0 Å². The highest BCUT2D eigenvalue weighted by Gasteiger charge is 2.17. The summed E-state index contributed by atoms with van der Waals surface area (Å²) in [4.78, 5) is 35.7. The Morgan fingerprint density at radius 1 is 1.03 bits per heavy atom. The maximum absolute atomic E-state index is 12.8. The van der Waals surface area contributed by atoms with Gasteiger partial charge in [-0.3, -0.25) is 19.1 Å². The highest BCUT2D eigenvalue weighted by atomic mass is 16.2. The van der Waals surface area contributed by atoms with Crippen molar-refractivity contribution in [2.24, 2.45) is 5.73 Å². The Kier molecular flexibility index (Phi) is 6.59. The van der Waals surface area contributed by atoms with Crippen LogP contribution in [0.3, 0.4) is 0 Å². The van der Waals surface area contributed by atoms with Crippen LogP contribution in [0.5, 0.6) is 0 Å². The number of aromatic nitrogens is 2. The summed E-state index contributed by atoms with van der Waals surface area (Å²) >= 11 is 0. The van der Waals surface area contributed by atoms with E-state index in [0.717, 1.165) is 11.3 Å². The predicted molar refractivity (Wildman–Crippen MR) is 113 cm³/mol. The van der Waals surface area contributed by atoms with Gasteiger partial charge in [-0.25, -0.2) is 0 Å². The molecular weight excluding hydrogens is 382 g/mol. The Bertz CT molecular complexity index is 1060. The fourth-order valence-corrected chi connectivity index (χ4v) is 3.07. The zero-order valence-corrected chi connectivity index (χ0v) is 16.6. The summed E-state index contributed by atoms with van der Waals surface area (Å²) in [7, 11) is 0. The number of hydrogen-bond donors (Lipinski definition) is 3. The Balaban J connectivity index is 1.74. The Labute approximate surface area is 174 Å². The molecule has 2 aromatic carbocycles. The Hall–Kier alpha value is -3.94. The first kappa shape index (κ1) is 20.8. The monoisotopic (exact) mass is 405 g/mol. The molecule has 0 aliphatic rings. The van der Waals surface area contributed by atoms with Gasteiger partial charge in [-0.2, -0.15) is 5.10 Å². The van der Waals surface area contributed by atoms with Crippen LogP contribution in [0.2, 0.25) is 0 Å². The largest absolute Gasteiger partial charge is 0.368 e. The molecule has 8 heteroatoms. The predicted octanol–water partition coefficient (Wildman–Crippen LogP) is 1.96. The first-order valence-electron chi connectivity index (χ1n) is 9.54. The highest BCUT2D eigenvalue weighted by Crippen LogP contribution is 2.16. The number of primary amides is 1. The lowest BCUT2D eigenvalue weighted by molar-refractivity contribution is -0.117. The molecule has 0 atom stereocenters. The second-order valence-corrected chi connectivity index (χ2v) is 6.69. The molecule has 0 aliphatic carbocycles. The molecule has 0 spiro atoms. The molecule has 0 unspecified atom stereocenters. The third-order valence-electron chi connectivity index (χ3n) is 4.51. The van der Waals surface area contributed by atoms with E-state index in [4.69, 9.17) is 5.73 Å². The number of carbonyl (C=O) groups is 3. The second kappa shape index (κ2) is 9.51. The number of nitrogens with zero attached hydrogens (tertiary/aromatic N) is 2. The van der Waals surface area contributed by atoms with Crippen molar-refractivity contribution in [3.05, 3.63) is 83.2 Å². The molecule has 8 nitrogen and oxygen atoms in total. The minimum absolute atomic E-state index is 0.254. The molecule has 0 fully saturated rings. The summed E-state index contributed by atoms with van der Waals surface area (Å²) in [6.07, 6.45) is 2.20. The average Bonchev–Trinajstić information content (AvgIpc) is 3.15.